The number of rotatable bonds is 8. The number of carbonyl (C=O) groups is 1. The van der Waals surface area contributed by atoms with Gasteiger partial charge in [0.05, 0.1) is 20.6 Å². The highest BCUT2D eigenvalue weighted by Crippen LogP contribution is 2.33. The number of para-hydroxylation sites is 1. The highest BCUT2D eigenvalue weighted by molar-refractivity contribution is 9.10. The third-order valence-electron chi connectivity index (χ3n) is 5.25. The Kier molecular flexibility index (Phi) is 7.03. The van der Waals surface area contributed by atoms with Gasteiger partial charge in [-0.25, -0.2) is 13.4 Å². The first-order chi connectivity index (χ1) is 15.7. The maximum Gasteiger partial charge on any atom is 0.325 e. The molecule has 2 N–H and O–H groups in total. The van der Waals surface area contributed by atoms with Gasteiger partial charge in [-0.3, -0.25) is 14.8 Å². The first-order valence-electron chi connectivity index (χ1n) is 10.0. The number of nitrogens with zero attached hydrogens (tertiary/aromatic N) is 3. The lowest BCUT2D eigenvalue weighted by atomic mass is 9.93. The normalized spacial score (nSPS) is 15.8. The van der Waals surface area contributed by atoms with Gasteiger partial charge in [-0.1, -0.05) is 23.7 Å². The molecule has 1 aliphatic rings. The van der Waals surface area contributed by atoms with E-state index in [1.165, 1.54) is 16.9 Å². The number of carboxylic acid groups (broad SMARTS) is 1. The Balaban J connectivity index is 1.47. The Bertz CT molecular complexity index is 1300. The van der Waals surface area contributed by atoms with Crippen LogP contribution in [0.1, 0.15) is 30.1 Å². The third-order valence-corrected chi connectivity index (χ3v) is 7.62. The fourth-order valence-corrected chi connectivity index (χ4v) is 5.53. The van der Waals surface area contributed by atoms with E-state index in [1.54, 1.807) is 30.5 Å². The van der Waals surface area contributed by atoms with E-state index < -0.39 is 15.8 Å². The smallest absolute Gasteiger partial charge is 0.325 e. The molecule has 1 aliphatic carbocycles. The van der Waals surface area contributed by atoms with Crippen LogP contribution in [0.5, 0.6) is 11.6 Å². The third kappa shape index (κ3) is 5.37. The van der Waals surface area contributed by atoms with E-state index in [2.05, 4.69) is 31.3 Å². The summed E-state index contributed by atoms with van der Waals surface area (Å²) in [6.07, 6.45) is 5.09. The van der Waals surface area contributed by atoms with E-state index in [1.807, 2.05) is 0 Å². The summed E-state index contributed by atoms with van der Waals surface area (Å²) < 4.78 is 33.4. The van der Waals surface area contributed by atoms with Crippen molar-refractivity contribution in [1.29, 1.82) is 0 Å². The van der Waals surface area contributed by atoms with Crippen LogP contribution in [0.3, 0.4) is 0 Å². The average Bonchev–Trinajstić information content (AvgIpc) is 3.18. The fraction of sp³-hybridized carbons (Fsp3) is 0.286. The maximum absolute atomic E-state index is 12.9. The number of ether oxygens (including phenoxy) is 1. The molecule has 9 nitrogen and oxygen atoms in total. The number of aromatic nitrogens is 3. The minimum Gasteiger partial charge on any atom is -0.480 e. The topological polar surface area (TPSA) is 123 Å². The van der Waals surface area contributed by atoms with Crippen LogP contribution in [0.15, 0.2) is 52.1 Å². The van der Waals surface area contributed by atoms with Gasteiger partial charge >= 0.3 is 5.97 Å². The second-order valence-electron chi connectivity index (χ2n) is 7.50. The first kappa shape index (κ1) is 23.7. The van der Waals surface area contributed by atoms with Crippen LogP contribution in [0.25, 0.3) is 0 Å². The zero-order valence-electron chi connectivity index (χ0n) is 17.2. The van der Waals surface area contributed by atoms with Gasteiger partial charge in [0.15, 0.2) is 9.84 Å². The molecule has 1 atom stereocenters. The summed E-state index contributed by atoms with van der Waals surface area (Å²) in [6.45, 7) is -0.220. The quantitative estimate of drug-likeness (QED) is 0.428. The fourth-order valence-electron chi connectivity index (χ4n) is 3.67. The Labute approximate surface area is 203 Å². The monoisotopic (exact) mass is 554 g/mol. The number of nitrogens with one attached hydrogen (secondary N) is 1. The molecule has 4 rings (SSSR count). The summed E-state index contributed by atoms with van der Waals surface area (Å²) >= 11 is 9.42. The number of hydrogen-bond donors (Lipinski definition) is 2. The highest BCUT2D eigenvalue weighted by atomic mass is 79.9. The largest absolute Gasteiger partial charge is 0.480 e. The zero-order valence-corrected chi connectivity index (χ0v) is 20.4. The molecule has 0 spiro atoms. The molecule has 1 aromatic carbocycles. The van der Waals surface area contributed by atoms with Crippen molar-refractivity contribution < 1.29 is 23.1 Å². The summed E-state index contributed by atoms with van der Waals surface area (Å²) in [5.74, 6) is -0.683. The number of halogens is 2. The van der Waals surface area contributed by atoms with Crippen molar-refractivity contribution in [3.05, 3.63) is 63.5 Å². The van der Waals surface area contributed by atoms with Crippen LogP contribution < -0.4 is 10.1 Å². The summed E-state index contributed by atoms with van der Waals surface area (Å²) in [5, 5.41) is 16.7. The molecular formula is C21H20BrClN4O5S. The molecule has 0 saturated carbocycles. The van der Waals surface area contributed by atoms with Crippen molar-refractivity contribution in [1.82, 2.24) is 20.1 Å². The van der Waals surface area contributed by atoms with E-state index in [-0.39, 0.29) is 29.2 Å². The molecule has 33 heavy (non-hydrogen) atoms. The number of benzene rings is 1. The Morgan fingerprint density at radius 1 is 1.33 bits per heavy atom. The van der Waals surface area contributed by atoms with E-state index in [0.717, 1.165) is 24.1 Å². The molecule has 2 heterocycles. The van der Waals surface area contributed by atoms with E-state index in [4.69, 9.17) is 21.4 Å². The maximum atomic E-state index is 12.9. The summed E-state index contributed by atoms with van der Waals surface area (Å²) in [7, 11) is -3.70. The molecule has 0 amide bonds. The van der Waals surface area contributed by atoms with E-state index in [9.17, 15) is 13.2 Å². The van der Waals surface area contributed by atoms with Crippen molar-refractivity contribution in [3.8, 4) is 11.6 Å². The van der Waals surface area contributed by atoms with E-state index in [0.29, 0.717) is 21.7 Å². The van der Waals surface area contributed by atoms with Crippen LogP contribution >= 0.6 is 27.5 Å². The zero-order chi connectivity index (χ0) is 23.6. The molecule has 0 bridgehead atoms. The van der Waals surface area contributed by atoms with Gasteiger partial charge in [-0.05, 0) is 53.4 Å². The lowest BCUT2D eigenvalue weighted by Gasteiger charge is -2.24. The number of aliphatic carboxylic acids is 1. The van der Waals surface area contributed by atoms with Gasteiger partial charge in [0.1, 0.15) is 18.2 Å². The number of fused-ring (bicyclic) bond motifs is 1. The van der Waals surface area contributed by atoms with E-state index >= 15 is 0 Å². The van der Waals surface area contributed by atoms with Gasteiger partial charge in [-0.15, -0.1) is 0 Å². The molecule has 174 valence electrons. The molecule has 3 aromatic rings. The number of pyridine rings is 1. The van der Waals surface area contributed by atoms with Gasteiger partial charge in [0.2, 0.25) is 5.88 Å². The predicted molar refractivity (Wildman–Crippen MR) is 124 cm³/mol. The summed E-state index contributed by atoms with van der Waals surface area (Å²) in [6, 6.07) is 8.10. The van der Waals surface area contributed by atoms with Crippen LogP contribution in [-0.2, 0) is 27.6 Å². The van der Waals surface area contributed by atoms with Crippen molar-refractivity contribution >= 4 is 43.3 Å². The van der Waals surface area contributed by atoms with Gasteiger partial charge in [0, 0.05) is 23.5 Å². The standard InChI is InChI=1S/C21H20BrClN4O5S/c22-15-8-13(9-24-21(15)32-19-7-2-1-4-16(19)23)33(30,31)12-25-17-5-3-6-18-14(17)10-26-27(18)11-20(28)29/h1-2,4,7-10,17,25H,3,5-6,11-12H2,(H,28,29)/t17-/m1/s1. The molecular weight excluding hydrogens is 536 g/mol. The summed E-state index contributed by atoms with van der Waals surface area (Å²) in [5.41, 5.74) is 1.66. The molecule has 0 saturated heterocycles. The molecule has 12 heteroatoms. The van der Waals surface area contributed by atoms with Crippen LogP contribution in [0, 0.1) is 0 Å². The van der Waals surface area contributed by atoms with Gasteiger partial charge in [0.25, 0.3) is 0 Å². The lowest BCUT2D eigenvalue weighted by molar-refractivity contribution is -0.137. The molecule has 0 unspecified atom stereocenters. The first-order valence-corrected chi connectivity index (χ1v) is 12.9. The Hall–Kier alpha value is -2.47. The number of sulfone groups is 1. The van der Waals surface area contributed by atoms with Crippen molar-refractivity contribution in [2.24, 2.45) is 0 Å². The Morgan fingerprint density at radius 2 is 2.12 bits per heavy atom. The molecule has 0 radical (unpaired) electrons. The van der Waals surface area contributed by atoms with Gasteiger partial charge < -0.3 is 9.84 Å². The van der Waals surface area contributed by atoms with Crippen molar-refractivity contribution in [2.45, 2.75) is 36.7 Å². The predicted octanol–water partition coefficient (Wildman–Crippen LogP) is 3.97. The second kappa shape index (κ2) is 9.80. The minimum atomic E-state index is -3.70. The van der Waals surface area contributed by atoms with Crippen LogP contribution in [0.2, 0.25) is 5.02 Å². The van der Waals surface area contributed by atoms with Crippen molar-refractivity contribution in [3.63, 3.8) is 0 Å². The molecule has 2 aromatic heterocycles. The SMILES string of the molecule is O=C(O)Cn1ncc2c1CCC[C@H]2NCS(=O)(=O)c1cnc(Oc2ccccc2Cl)c(Br)c1. The van der Waals surface area contributed by atoms with Crippen molar-refractivity contribution in [2.75, 3.05) is 5.88 Å². The highest BCUT2D eigenvalue weighted by Gasteiger charge is 2.27. The van der Waals surface area contributed by atoms with Crippen LogP contribution in [-0.4, -0.2) is 40.1 Å². The lowest BCUT2D eigenvalue weighted by Crippen LogP contribution is -2.30. The second-order valence-corrected chi connectivity index (χ2v) is 10.7. The number of hydrogen-bond acceptors (Lipinski definition) is 7. The van der Waals surface area contributed by atoms with Crippen LogP contribution in [0.4, 0.5) is 0 Å². The molecule has 0 aliphatic heterocycles. The number of carboxylic acids is 1. The minimum absolute atomic E-state index is 0.0333. The molecule has 0 fully saturated rings. The van der Waals surface area contributed by atoms with Gasteiger partial charge in [-0.2, -0.15) is 5.10 Å². The Morgan fingerprint density at radius 3 is 2.85 bits per heavy atom. The summed E-state index contributed by atoms with van der Waals surface area (Å²) in [4.78, 5) is 15.2. The average molecular weight is 556 g/mol.